The molecule has 2 aromatic rings. The average Bonchev–Trinajstić information content (AvgIpc) is 2.63. The summed E-state index contributed by atoms with van der Waals surface area (Å²) in [6.45, 7) is 4.78. The fourth-order valence-electron chi connectivity index (χ4n) is 3.51. The van der Waals surface area contributed by atoms with Crippen LogP contribution in [0.4, 0.5) is 0 Å². The van der Waals surface area contributed by atoms with Crippen molar-refractivity contribution in [2.45, 2.75) is 31.9 Å². The number of aryl methyl sites for hydroxylation is 1. The number of benzene rings is 2. The molecule has 1 fully saturated rings. The van der Waals surface area contributed by atoms with Gasteiger partial charge in [-0.1, -0.05) is 29.8 Å². The predicted molar refractivity (Wildman–Crippen MR) is 99.1 cm³/mol. The van der Waals surface area contributed by atoms with Crippen molar-refractivity contribution < 1.29 is 14.6 Å². The highest BCUT2D eigenvalue weighted by Gasteiger charge is 2.34. The molecule has 0 saturated carbocycles. The van der Waals surface area contributed by atoms with E-state index in [1.807, 2.05) is 18.2 Å². The molecule has 134 valence electrons. The van der Waals surface area contributed by atoms with Gasteiger partial charge in [0.2, 0.25) is 0 Å². The minimum Gasteiger partial charge on any atom is -0.497 e. The Morgan fingerprint density at radius 1 is 1.00 bits per heavy atom. The summed E-state index contributed by atoms with van der Waals surface area (Å²) in [6.07, 6.45) is 1.41. The normalized spacial score (nSPS) is 17.3. The van der Waals surface area contributed by atoms with Crippen molar-refractivity contribution >= 4 is 0 Å². The second-order valence-electron chi connectivity index (χ2n) is 6.90. The number of piperidine rings is 1. The maximum absolute atomic E-state index is 11.2. The van der Waals surface area contributed by atoms with E-state index in [2.05, 4.69) is 36.1 Å². The number of hydrogen-bond donors (Lipinski definition) is 1. The van der Waals surface area contributed by atoms with Crippen LogP contribution in [0.25, 0.3) is 0 Å². The third-order valence-electron chi connectivity index (χ3n) is 5.06. The van der Waals surface area contributed by atoms with E-state index >= 15 is 0 Å². The molecular formula is C21H27NO3. The lowest BCUT2D eigenvalue weighted by atomic mass is 9.84. The summed E-state index contributed by atoms with van der Waals surface area (Å²) in [5.41, 5.74) is 2.66. The van der Waals surface area contributed by atoms with Crippen LogP contribution in [0.15, 0.2) is 42.5 Å². The molecular weight excluding hydrogens is 314 g/mol. The van der Waals surface area contributed by atoms with Crippen LogP contribution >= 0.6 is 0 Å². The highest BCUT2D eigenvalue weighted by atomic mass is 16.5. The number of methoxy groups -OCH3 is 2. The first-order valence-corrected chi connectivity index (χ1v) is 8.76. The summed E-state index contributed by atoms with van der Waals surface area (Å²) in [5, 5.41) is 11.2. The second-order valence-corrected chi connectivity index (χ2v) is 6.90. The molecule has 0 aromatic heterocycles. The van der Waals surface area contributed by atoms with Gasteiger partial charge in [-0.3, -0.25) is 4.90 Å². The fraction of sp³-hybridized carbons (Fsp3) is 0.429. The van der Waals surface area contributed by atoms with Crippen LogP contribution < -0.4 is 9.47 Å². The first-order chi connectivity index (χ1) is 12.0. The maximum Gasteiger partial charge on any atom is 0.122 e. The molecule has 1 aliphatic rings. The van der Waals surface area contributed by atoms with Gasteiger partial charge in [0.1, 0.15) is 11.5 Å². The number of likely N-dealkylation sites (tertiary alicyclic amines) is 1. The van der Waals surface area contributed by atoms with Crippen LogP contribution in [0.2, 0.25) is 0 Å². The van der Waals surface area contributed by atoms with Crippen molar-refractivity contribution in [2.75, 3.05) is 27.3 Å². The van der Waals surface area contributed by atoms with Gasteiger partial charge in [0.15, 0.2) is 0 Å². The van der Waals surface area contributed by atoms with E-state index in [1.54, 1.807) is 14.2 Å². The fourth-order valence-corrected chi connectivity index (χ4v) is 3.51. The van der Waals surface area contributed by atoms with Crippen molar-refractivity contribution in [3.05, 3.63) is 59.2 Å². The Labute approximate surface area is 150 Å². The lowest BCUT2D eigenvalue weighted by molar-refractivity contribution is -0.0280. The van der Waals surface area contributed by atoms with E-state index in [-0.39, 0.29) is 0 Å². The molecule has 1 N–H and O–H groups in total. The van der Waals surface area contributed by atoms with E-state index in [9.17, 15) is 5.11 Å². The Morgan fingerprint density at radius 3 is 2.20 bits per heavy atom. The first-order valence-electron chi connectivity index (χ1n) is 8.76. The molecule has 0 radical (unpaired) electrons. The number of rotatable bonds is 5. The Kier molecular flexibility index (Phi) is 5.30. The van der Waals surface area contributed by atoms with Gasteiger partial charge >= 0.3 is 0 Å². The number of hydrogen-bond acceptors (Lipinski definition) is 4. The Morgan fingerprint density at radius 2 is 1.64 bits per heavy atom. The predicted octanol–water partition coefficient (Wildman–Crippen LogP) is 3.50. The van der Waals surface area contributed by atoms with Gasteiger partial charge < -0.3 is 14.6 Å². The summed E-state index contributed by atoms with van der Waals surface area (Å²) in [7, 11) is 3.26. The molecule has 0 atom stereocenters. The topological polar surface area (TPSA) is 41.9 Å². The smallest absolute Gasteiger partial charge is 0.122 e. The van der Waals surface area contributed by atoms with Crippen LogP contribution in [0, 0.1) is 6.92 Å². The molecule has 1 aliphatic heterocycles. The zero-order valence-corrected chi connectivity index (χ0v) is 15.3. The highest BCUT2D eigenvalue weighted by Crippen LogP contribution is 2.37. The molecule has 3 rings (SSSR count). The summed E-state index contributed by atoms with van der Waals surface area (Å²) in [5.74, 6) is 1.43. The monoisotopic (exact) mass is 341 g/mol. The van der Waals surface area contributed by atoms with Gasteiger partial charge in [0.25, 0.3) is 0 Å². The average molecular weight is 341 g/mol. The SMILES string of the molecule is COc1cc(OC)cc(C2(O)CCN(Cc3cccc(C)c3)CC2)c1. The summed E-state index contributed by atoms with van der Waals surface area (Å²) < 4.78 is 10.7. The van der Waals surface area contributed by atoms with Crippen LogP contribution in [0.3, 0.4) is 0 Å². The highest BCUT2D eigenvalue weighted by molar-refractivity contribution is 5.41. The quantitative estimate of drug-likeness (QED) is 0.904. The molecule has 0 amide bonds. The van der Waals surface area contributed by atoms with E-state index < -0.39 is 5.60 Å². The Hall–Kier alpha value is -2.04. The van der Waals surface area contributed by atoms with E-state index in [0.29, 0.717) is 24.3 Å². The van der Waals surface area contributed by atoms with Crippen molar-refractivity contribution in [1.29, 1.82) is 0 Å². The van der Waals surface area contributed by atoms with Gasteiger partial charge in [-0.25, -0.2) is 0 Å². The third kappa shape index (κ3) is 4.14. The van der Waals surface area contributed by atoms with Crippen molar-refractivity contribution in [1.82, 2.24) is 4.90 Å². The molecule has 0 aliphatic carbocycles. The first kappa shape index (κ1) is 17.8. The minimum absolute atomic E-state index is 0.704. The standard InChI is InChI=1S/C21H27NO3/c1-16-5-4-6-17(11-16)15-22-9-7-21(23,8-10-22)18-12-19(24-2)14-20(13-18)25-3/h4-6,11-14,23H,7-10,15H2,1-3H3. The van der Waals surface area contributed by atoms with Crippen molar-refractivity contribution in [3.8, 4) is 11.5 Å². The van der Waals surface area contributed by atoms with Crippen LogP contribution in [0.5, 0.6) is 11.5 Å². The largest absolute Gasteiger partial charge is 0.497 e. The van der Waals surface area contributed by atoms with Gasteiger partial charge in [-0.2, -0.15) is 0 Å². The molecule has 25 heavy (non-hydrogen) atoms. The molecule has 2 aromatic carbocycles. The summed E-state index contributed by atoms with van der Waals surface area (Å²) >= 11 is 0. The zero-order chi connectivity index (χ0) is 17.9. The lowest BCUT2D eigenvalue weighted by Crippen LogP contribution is -2.42. The molecule has 4 nitrogen and oxygen atoms in total. The van der Waals surface area contributed by atoms with Gasteiger partial charge in [-0.05, 0) is 43.0 Å². The van der Waals surface area contributed by atoms with Gasteiger partial charge in [-0.15, -0.1) is 0 Å². The van der Waals surface area contributed by atoms with Crippen molar-refractivity contribution in [3.63, 3.8) is 0 Å². The minimum atomic E-state index is -0.828. The zero-order valence-electron chi connectivity index (χ0n) is 15.3. The van der Waals surface area contributed by atoms with Crippen molar-refractivity contribution in [2.24, 2.45) is 0 Å². The third-order valence-corrected chi connectivity index (χ3v) is 5.06. The number of ether oxygens (including phenoxy) is 2. The Balaban J connectivity index is 1.70. The van der Waals surface area contributed by atoms with Crippen LogP contribution in [-0.2, 0) is 12.1 Å². The lowest BCUT2D eigenvalue weighted by Gasteiger charge is -2.38. The van der Waals surface area contributed by atoms with Gasteiger partial charge in [0.05, 0.1) is 19.8 Å². The van der Waals surface area contributed by atoms with Gasteiger partial charge in [0, 0.05) is 25.7 Å². The molecule has 0 spiro atoms. The summed E-state index contributed by atoms with van der Waals surface area (Å²) in [6, 6.07) is 14.3. The second kappa shape index (κ2) is 7.46. The van der Waals surface area contributed by atoms with Crippen LogP contribution in [0.1, 0.15) is 29.5 Å². The molecule has 0 bridgehead atoms. The maximum atomic E-state index is 11.2. The van der Waals surface area contributed by atoms with E-state index in [0.717, 1.165) is 25.2 Å². The molecule has 1 saturated heterocycles. The molecule has 1 heterocycles. The molecule has 0 unspecified atom stereocenters. The van der Waals surface area contributed by atoms with E-state index in [1.165, 1.54) is 11.1 Å². The number of nitrogens with zero attached hydrogens (tertiary/aromatic N) is 1. The van der Waals surface area contributed by atoms with Crippen LogP contribution in [-0.4, -0.2) is 37.3 Å². The van der Waals surface area contributed by atoms with E-state index in [4.69, 9.17) is 9.47 Å². The Bertz CT molecular complexity index is 699. The number of aliphatic hydroxyl groups is 1. The summed E-state index contributed by atoms with van der Waals surface area (Å²) in [4.78, 5) is 2.40. The molecule has 4 heteroatoms.